The first-order chi connectivity index (χ1) is 11.6. The standard InChI is InChI=1S/C17H27N3O3Si/c1-14-16(20-17(19-14)15-9-6-5-7-10-15)13-18-11-8-12-24(21-2,22-3)23-4/h5-7,9-10,18H,8,11-13H2,1-4H3,(H,19,20). The number of nitrogens with one attached hydrogen (secondary N) is 2. The number of imidazole rings is 1. The first kappa shape index (κ1) is 18.8. The summed E-state index contributed by atoms with van der Waals surface area (Å²) in [5, 5.41) is 3.43. The topological polar surface area (TPSA) is 68.4 Å². The average Bonchev–Trinajstić information content (AvgIpc) is 3.00. The largest absolute Gasteiger partial charge is 0.500 e. The Morgan fingerprint density at radius 3 is 2.38 bits per heavy atom. The van der Waals surface area contributed by atoms with Crippen molar-refractivity contribution in [3.8, 4) is 11.4 Å². The van der Waals surface area contributed by atoms with Crippen molar-refractivity contribution in [1.82, 2.24) is 15.3 Å². The highest BCUT2D eigenvalue weighted by Crippen LogP contribution is 2.18. The molecule has 6 nitrogen and oxygen atoms in total. The number of aromatic nitrogens is 2. The van der Waals surface area contributed by atoms with Gasteiger partial charge in [-0.3, -0.25) is 0 Å². The number of hydrogen-bond donors (Lipinski definition) is 2. The van der Waals surface area contributed by atoms with Gasteiger partial charge in [-0.25, -0.2) is 4.98 Å². The predicted molar refractivity (Wildman–Crippen MR) is 96.7 cm³/mol. The van der Waals surface area contributed by atoms with Crippen LogP contribution in [0.4, 0.5) is 0 Å². The SMILES string of the molecule is CO[Si](CCCNCc1nc(-c2ccccc2)[nH]c1C)(OC)OC. The minimum absolute atomic E-state index is 0.733. The fraction of sp³-hybridized carbons (Fsp3) is 0.471. The Labute approximate surface area is 144 Å². The molecule has 0 fully saturated rings. The van der Waals surface area contributed by atoms with Crippen molar-refractivity contribution >= 4 is 8.80 Å². The normalized spacial score (nSPS) is 11.8. The summed E-state index contributed by atoms with van der Waals surface area (Å²) in [5.41, 5.74) is 3.24. The zero-order valence-corrected chi connectivity index (χ0v) is 15.9. The second-order valence-corrected chi connectivity index (χ2v) is 8.69. The Bertz CT molecular complexity index is 607. The molecule has 1 aromatic heterocycles. The van der Waals surface area contributed by atoms with Crippen molar-refractivity contribution in [2.24, 2.45) is 0 Å². The van der Waals surface area contributed by atoms with Crippen LogP contribution in [0.5, 0.6) is 0 Å². The van der Waals surface area contributed by atoms with Crippen LogP contribution >= 0.6 is 0 Å². The molecule has 0 bridgehead atoms. The highest BCUT2D eigenvalue weighted by atomic mass is 28.4. The van der Waals surface area contributed by atoms with Gasteiger partial charge in [0.2, 0.25) is 0 Å². The van der Waals surface area contributed by atoms with Crippen LogP contribution < -0.4 is 5.32 Å². The quantitative estimate of drug-likeness (QED) is 0.510. The maximum Gasteiger partial charge on any atom is 0.500 e. The molecule has 2 aromatic rings. The molecule has 0 saturated heterocycles. The summed E-state index contributed by atoms with van der Waals surface area (Å²) >= 11 is 0. The molecule has 0 atom stereocenters. The van der Waals surface area contributed by atoms with Gasteiger partial charge in [0.25, 0.3) is 0 Å². The number of aromatic amines is 1. The van der Waals surface area contributed by atoms with Gasteiger partial charge >= 0.3 is 8.80 Å². The predicted octanol–water partition coefficient (Wildman–Crippen LogP) is 2.74. The number of hydrogen-bond acceptors (Lipinski definition) is 5. The van der Waals surface area contributed by atoms with Crippen molar-refractivity contribution in [3.05, 3.63) is 41.7 Å². The Hall–Kier alpha value is -1.51. The van der Waals surface area contributed by atoms with Gasteiger partial charge in [0, 0.05) is 45.2 Å². The van der Waals surface area contributed by atoms with Gasteiger partial charge in [0.15, 0.2) is 0 Å². The molecule has 1 heterocycles. The molecule has 0 amide bonds. The van der Waals surface area contributed by atoms with Gasteiger partial charge in [-0.2, -0.15) is 0 Å². The second kappa shape index (κ2) is 9.10. The minimum Gasteiger partial charge on any atom is -0.377 e. The lowest BCUT2D eigenvalue weighted by molar-refractivity contribution is 0.123. The smallest absolute Gasteiger partial charge is 0.377 e. The number of H-pyrrole nitrogens is 1. The maximum atomic E-state index is 5.42. The minimum atomic E-state index is -2.46. The van der Waals surface area contributed by atoms with Crippen LogP contribution in [-0.4, -0.2) is 46.6 Å². The molecule has 24 heavy (non-hydrogen) atoms. The van der Waals surface area contributed by atoms with Crippen LogP contribution in [0.1, 0.15) is 17.8 Å². The highest BCUT2D eigenvalue weighted by molar-refractivity contribution is 6.60. The van der Waals surface area contributed by atoms with E-state index in [4.69, 9.17) is 18.3 Å². The molecule has 2 N–H and O–H groups in total. The van der Waals surface area contributed by atoms with Gasteiger partial charge in [-0.05, 0) is 19.9 Å². The summed E-state index contributed by atoms with van der Waals surface area (Å²) in [7, 11) is 2.47. The van der Waals surface area contributed by atoms with E-state index in [0.717, 1.165) is 48.3 Å². The summed E-state index contributed by atoms with van der Waals surface area (Å²) < 4.78 is 16.3. The van der Waals surface area contributed by atoms with Crippen LogP contribution in [0.3, 0.4) is 0 Å². The molecule has 0 aliphatic carbocycles. The van der Waals surface area contributed by atoms with Crippen LogP contribution in [0.15, 0.2) is 30.3 Å². The summed E-state index contributed by atoms with van der Waals surface area (Å²) in [4.78, 5) is 8.04. The van der Waals surface area contributed by atoms with E-state index >= 15 is 0 Å². The molecule has 2 rings (SSSR count). The molecule has 0 saturated carbocycles. The fourth-order valence-electron chi connectivity index (χ4n) is 2.59. The molecular formula is C17H27N3O3Si. The van der Waals surface area contributed by atoms with E-state index in [0.29, 0.717) is 0 Å². The molecule has 0 aliphatic heterocycles. The third-order valence-electron chi connectivity index (χ3n) is 4.09. The first-order valence-electron chi connectivity index (χ1n) is 8.11. The molecule has 0 unspecified atom stereocenters. The Balaban J connectivity index is 1.82. The van der Waals surface area contributed by atoms with Crippen LogP contribution in [0.25, 0.3) is 11.4 Å². The van der Waals surface area contributed by atoms with E-state index in [1.54, 1.807) is 21.3 Å². The zero-order valence-electron chi connectivity index (χ0n) is 14.9. The van der Waals surface area contributed by atoms with E-state index in [-0.39, 0.29) is 0 Å². The van der Waals surface area contributed by atoms with Gasteiger partial charge in [0.1, 0.15) is 5.82 Å². The molecular weight excluding hydrogens is 322 g/mol. The Kier molecular flexibility index (Phi) is 7.13. The monoisotopic (exact) mass is 349 g/mol. The van der Waals surface area contributed by atoms with E-state index in [2.05, 4.69) is 29.4 Å². The highest BCUT2D eigenvalue weighted by Gasteiger charge is 2.36. The number of aryl methyl sites for hydroxylation is 1. The maximum absolute atomic E-state index is 5.42. The lowest BCUT2D eigenvalue weighted by Gasteiger charge is -2.24. The molecule has 0 spiro atoms. The third kappa shape index (κ3) is 4.75. The number of rotatable bonds is 10. The third-order valence-corrected chi connectivity index (χ3v) is 6.93. The fourth-order valence-corrected chi connectivity index (χ4v) is 4.32. The zero-order chi connectivity index (χ0) is 17.4. The van der Waals surface area contributed by atoms with E-state index in [9.17, 15) is 0 Å². The number of nitrogens with zero attached hydrogens (tertiary/aromatic N) is 1. The van der Waals surface area contributed by atoms with Crippen molar-refractivity contribution in [3.63, 3.8) is 0 Å². The molecule has 132 valence electrons. The van der Waals surface area contributed by atoms with Gasteiger partial charge < -0.3 is 23.6 Å². The van der Waals surface area contributed by atoms with E-state index < -0.39 is 8.80 Å². The molecule has 7 heteroatoms. The lowest BCUT2D eigenvalue weighted by atomic mass is 10.2. The molecule has 0 radical (unpaired) electrons. The summed E-state index contributed by atoms with van der Waals surface area (Å²) in [6.45, 7) is 3.64. The van der Waals surface area contributed by atoms with Gasteiger partial charge in [-0.1, -0.05) is 30.3 Å². The van der Waals surface area contributed by atoms with Crippen molar-refractivity contribution in [2.75, 3.05) is 27.9 Å². The molecule has 1 aromatic carbocycles. The van der Waals surface area contributed by atoms with Crippen LogP contribution in [0, 0.1) is 6.92 Å². The van der Waals surface area contributed by atoms with E-state index in [1.807, 2.05) is 18.2 Å². The summed E-state index contributed by atoms with van der Waals surface area (Å²) in [6.07, 6.45) is 0.927. The van der Waals surface area contributed by atoms with Crippen molar-refractivity contribution < 1.29 is 13.3 Å². The lowest BCUT2D eigenvalue weighted by Crippen LogP contribution is -2.43. The average molecular weight is 350 g/mol. The van der Waals surface area contributed by atoms with Gasteiger partial charge in [0.05, 0.1) is 5.69 Å². The molecule has 0 aliphatic rings. The summed E-state index contributed by atoms with van der Waals surface area (Å²) in [5.74, 6) is 0.912. The van der Waals surface area contributed by atoms with Crippen molar-refractivity contribution in [1.29, 1.82) is 0 Å². The van der Waals surface area contributed by atoms with E-state index in [1.165, 1.54) is 0 Å². The second-order valence-electron chi connectivity index (χ2n) is 5.60. The first-order valence-corrected chi connectivity index (χ1v) is 10.0. The van der Waals surface area contributed by atoms with Crippen molar-refractivity contribution in [2.45, 2.75) is 25.9 Å². The number of benzene rings is 1. The van der Waals surface area contributed by atoms with Crippen LogP contribution in [-0.2, 0) is 19.8 Å². The Morgan fingerprint density at radius 2 is 1.75 bits per heavy atom. The van der Waals surface area contributed by atoms with Gasteiger partial charge in [-0.15, -0.1) is 0 Å². The van der Waals surface area contributed by atoms with Crippen LogP contribution in [0.2, 0.25) is 6.04 Å². The summed E-state index contributed by atoms with van der Waals surface area (Å²) in [6, 6.07) is 10.9. The Morgan fingerprint density at radius 1 is 1.08 bits per heavy atom.